The maximum absolute atomic E-state index is 9.61. The summed E-state index contributed by atoms with van der Waals surface area (Å²) in [5.74, 6) is 0.350. The molecule has 0 saturated carbocycles. The molecule has 1 fully saturated rings. The summed E-state index contributed by atoms with van der Waals surface area (Å²) in [4.78, 5) is 2.27. The number of hydrogen-bond acceptors (Lipinski definition) is 3. The molecule has 1 heterocycles. The van der Waals surface area contributed by atoms with E-state index in [0.717, 1.165) is 30.8 Å². The van der Waals surface area contributed by atoms with Crippen LogP contribution in [0.1, 0.15) is 24.5 Å². The number of rotatable bonds is 3. The predicted octanol–water partition coefficient (Wildman–Crippen LogP) is 1.69. The Labute approximate surface area is 103 Å². The zero-order valence-corrected chi connectivity index (χ0v) is 10.6. The summed E-state index contributed by atoms with van der Waals surface area (Å²) in [5.41, 5.74) is 3.27. The fourth-order valence-corrected chi connectivity index (χ4v) is 2.55. The van der Waals surface area contributed by atoms with E-state index in [1.807, 2.05) is 19.9 Å². The van der Waals surface area contributed by atoms with E-state index in [1.165, 1.54) is 5.56 Å². The quantitative estimate of drug-likeness (QED) is 0.838. The van der Waals surface area contributed by atoms with Crippen LogP contribution in [0.25, 0.3) is 0 Å². The molecule has 3 nitrogen and oxygen atoms in total. The minimum Gasteiger partial charge on any atom is -0.393 e. The maximum atomic E-state index is 9.61. The molecule has 94 valence electrons. The Bertz CT molecular complexity index is 390. The summed E-state index contributed by atoms with van der Waals surface area (Å²) in [7, 11) is 0. The van der Waals surface area contributed by atoms with Gasteiger partial charge in [-0.3, -0.25) is 0 Å². The van der Waals surface area contributed by atoms with Crippen LogP contribution in [0.4, 0.5) is 5.69 Å². The normalized spacial score (nSPS) is 21.9. The Hall–Kier alpha value is -1.06. The first-order valence-electron chi connectivity index (χ1n) is 6.25. The van der Waals surface area contributed by atoms with E-state index in [2.05, 4.69) is 17.0 Å². The topological polar surface area (TPSA) is 43.7 Å². The second-order valence-corrected chi connectivity index (χ2v) is 5.03. The van der Waals surface area contributed by atoms with Crippen LogP contribution in [-0.4, -0.2) is 29.4 Å². The van der Waals surface area contributed by atoms with Gasteiger partial charge in [0.05, 0.1) is 12.7 Å². The molecule has 1 saturated heterocycles. The van der Waals surface area contributed by atoms with E-state index in [4.69, 9.17) is 0 Å². The zero-order chi connectivity index (χ0) is 12.4. The number of nitrogens with zero attached hydrogens (tertiary/aromatic N) is 1. The summed E-state index contributed by atoms with van der Waals surface area (Å²) in [6.45, 7) is 5.81. The Balaban J connectivity index is 2.18. The number of benzene rings is 1. The molecule has 1 aromatic carbocycles. The molecule has 0 amide bonds. The minimum atomic E-state index is -0.247. The lowest BCUT2D eigenvalue weighted by Crippen LogP contribution is -2.24. The number of aliphatic hydroxyl groups is 2. The monoisotopic (exact) mass is 235 g/mol. The molecule has 0 spiro atoms. The largest absolute Gasteiger partial charge is 0.393 e. The molecular formula is C14H21NO2. The van der Waals surface area contributed by atoms with Gasteiger partial charge in [0.2, 0.25) is 0 Å². The molecule has 1 aliphatic heterocycles. The van der Waals surface area contributed by atoms with Crippen LogP contribution >= 0.6 is 0 Å². The van der Waals surface area contributed by atoms with Crippen molar-refractivity contribution in [3.63, 3.8) is 0 Å². The summed E-state index contributed by atoms with van der Waals surface area (Å²) >= 11 is 0. The average Bonchev–Trinajstić information content (AvgIpc) is 2.78. The summed E-state index contributed by atoms with van der Waals surface area (Å²) in [5, 5.41) is 19.0. The Morgan fingerprint density at radius 3 is 2.82 bits per heavy atom. The highest BCUT2D eigenvalue weighted by Gasteiger charge is 2.27. The molecule has 0 radical (unpaired) electrons. The molecule has 2 unspecified atom stereocenters. The van der Waals surface area contributed by atoms with Crippen molar-refractivity contribution in [3.8, 4) is 0 Å². The highest BCUT2D eigenvalue weighted by molar-refractivity contribution is 5.55. The molecule has 1 aromatic rings. The third kappa shape index (κ3) is 2.61. The summed E-state index contributed by atoms with van der Waals surface area (Å²) in [6, 6.07) is 6.18. The van der Waals surface area contributed by atoms with Crippen LogP contribution in [0.3, 0.4) is 0 Å². The van der Waals surface area contributed by atoms with Crippen LogP contribution in [0.15, 0.2) is 18.2 Å². The highest BCUT2D eigenvalue weighted by atomic mass is 16.3. The highest BCUT2D eigenvalue weighted by Crippen LogP contribution is 2.29. The molecule has 0 aliphatic carbocycles. The molecule has 2 atom stereocenters. The van der Waals surface area contributed by atoms with Gasteiger partial charge >= 0.3 is 0 Å². The molecule has 17 heavy (non-hydrogen) atoms. The van der Waals surface area contributed by atoms with Gasteiger partial charge < -0.3 is 15.1 Å². The number of hydrogen-bond donors (Lipinski definition) is 2. The van der Waals surface area contributed by atoms with Gasteiger partial charge in [0.15, 0.2) is 0 Å². The first-order valence-corrected chi connectivity index (χ1v) is 6.25. The Kier molecular flexibility index (Phi) is 3.69. The van der Waals surface area contributed by atoms with Gasteiger partial charge in [0.1, 0.15) is 0 Å². The molecule has 2 rings (SSSR count). The Morgan fingerprint density at radius 1 is 1.47 bits per heavy atom. The molecule has 2 N–H and O–H groups in total. The van der Waals surface area contributed by atoms with Crippen molar-refractivity contribution >= 4 is 5.69 Å². The lowest BCUT2D eigenvalue weighted by molar-refractivity contribution is 0.136. The summed E-state index contributed by atoms with van der Waals surface area (Å²) in [6.07, 6.45) is 0.777. The zero-order valence-electron chi connectivity index (χ0n) is 10.6. The predicted molar refractivity (Wildman–Crippen MR) is 69.1 cm³/mol. The minimum absolute atomic E-state index is 0.0762. The molecule has 3 heteroatoms. The van der Waals surface area contributed by atoms with Crippen LogP contribution in [-0.2, 0) is 6.61 Å². The fourth-order valence-electron chi connectivity index (χ4n) is 2.55. The number of aliphatic hydroxyl groups excluding tert-OH is 2. The van der Waals surface area contributed by atoms with Crippen LogP contribution < -0.4 is 4.90 Å². The van der Waals surface area contributed by atoms with Crippen molar-refractivity contribution in [1.29, 1.82) is 0 Å². The molecular weight excluding hydrogens is 214 g/mol. The van der Waals surface area contributed by atoms with Gasteiger partial charge in [0.25, 0.3) is 0 Å². The van der Waals surface area contributed by atoms with Crippen molar-refractivity contribution in [1.82, 2.24) is 0 Å². The van der Waals surface area contributed by atoms with Crippen molar-refractivity contribution in [2.24, 2.45) is 5.92 Å². The first kappa shape index (κ1) is 12.4. The number of aryl methyl sites for hydroxylation is 1. The smallest absolute Gasteiger partial charge is 0.0702 e. The van der Waals surface area contributed by atoms with Gasteiger partial charge in [-0.15, -0.1) is 0 Å². The second-order valence-electron chi connectivity index (χ2n) is 5.03. The van der Waals surface area contributed by atoms with Crippen LogP contribution in [0.2, 0.25) is 0 Å². The lowest BCUT2D eigenvalue weighted by atomic mass is 10.0. The van der Waals surface area contributed by atoms with Crippen LogP contribution in [0.5, 0.6) is 0 Å². The molecule has 1 aliphatic rings. The van der Waals surface area contributed by atoms with E-state index in [-0.39, 0.29) is 12.7 Å². The van der Waals surface area contributed by atoms with Gasteiger partial charge in [-0.2, -0.15) is 0 Å². The van der Waals surface area contributed by atoms with E-state index in [0.29, 0.717) is 5.92 Å². The van der Waals surface area contributed by atoms with Gasteiger partial charge in [-0.05, 0) is 26.3 Å². The van der Waals surface area contributed by atoms with Crippen molar-refractivity contribution < 1.29 is 10.2 Å². The van der Waals surface area contributed by atoms with E-state index in [1.54, 1.807) is 0 Å². The second kappa shape index (κ2) is 5.07. The van der Waals surface area contributed by atoms with Gasteiger partial charge in [-0.1, -0.05) is 17.7 Å². The molecule has 0 aromatic heterocycles. The third-order valence-electron chi connectivity index (χ3n) is 3.65. The first-order chi connectivity index (χ1) is 8.11. The number of anilines is 1. The average molecular weight is 235 g/mol. The van der Waals surface area contributed by atoms with Crippen molar-refractivity contribution in [2.75, 3.05) is 18.0 Å². The maximum Gasteiger partial charge on any atom is 0.0702 e. The van der Waals surface area contributed by atoms with E-state index < -0.39 is 0 Å². The van der Waals surface area contributed by atoms with E-state index in [9.17, 15) is 10.2 Å². The SMILES string of the molecule is Cc1ccc(N2CCC(C(C)O)C2)c(CO)c1. The third-order valence-corrected chi connectivity index (χ3v) is 3.65. The van der Waals surface area contributed by atoms with Crippen molar-refractivity contribution in [3.05, 3.63) is 29.3 Å². The Morgan fingerprint density at radius 2 is 2.24 bits per heavy atom. The van der Waals surface area contributed by atoms with E-state index >= 15 is 0 Å². The summed E-state index contributed by atoms with van der Waals surface area (Å²) < 4.78 is 0. The fraction of sp³-hybridized carbons (Fsp3) is 0.571. The van der Waals surface area contributed by atoms with Gasteiger partial charge in [-0.25, -0.2) is 0 Å². The standard InChI is InChI=1S/C14H21NO2/c1-10-3-4-14(13(7-10)9-16)15-6-5-12(8-15)11(2)17/h3-4,7,11-12,16-17H,5-6,8-9H2,1-2H3. The van der Waals surface area contributed by atoms with Crippen LogP contribution in [0, 0.1) is 12.8 Å². The van der Waals surface area contributed by atoms with Crippen molar-refractivity contribution in [2.45, 2.75) is 33.0 Å². The lowest BCUT2D eigenvalue weighted by Gasteiger charge is -2.22. The molecule has 0 bridgehead atoms. The van der Waals surface area contributed by atoms with Gasteiger partial charge in [0, 0.05) is 30.3 Å².